The molecule has 1 heterocycles. The van der Waals surface area contributed by atoms with Crippen molar-refractivity contribution in [2.45, 2.75) is 25.9 Å². The van der Waals surface area contributed by atoms with Gasteiger partial charge >= 0.3 is 5.97 Å². The number of ether oxygens (including phenoxy) is 1. The molecule has 0 unspecified atom stereocenters. The summed E-state index contributed by atoms with van der Waals surface area (Å²) in [5, 5.41) is 8.87. The maximum Gasteiger partial charge on any atom is 0.335 e. The van der Waals surface area contributed by atoms with E-state index in [-0.39, 0.29) is 11.2 Å². The fraction of sp³-hybridized carbons (Fsp3) is 0.235. The van der Waals surface area contributed by atoms with Crippen molar-refractivity contribution < 1.29 is 19.0 Å². The summed E-state index contributed by atoms with van der Waals surface area (Å²) in [5.41, 5.74) is 1.87. The summed E-state index contributed by atoms with van der Waals surface area (Å²) >= 11 is 0. The van der Waals surface area contributed by atoms with Crippen LogP contribution in [0.25, 0.3) is 11.1 Å². The number of benzene rings is 2. The van der Waals surface area contributed by atoms with Crippen molar-refractivity contribution in [3.63, 3.8) is 0 Å². The Balaban J connectivity index is 2.01. The van der Waals surface area contributed by atoms with E-state index in [0.717, 1.165) is 29.4 Å². The summed E-state index contributed by atoms with van der Waals surface area (Å²) in [6.07, 6.45) is 0.769. The van der Waals surface area contributed by atoms with Gasteiger partial charge in [-0.15, -0.1) is 0 Å². The minimum atomic E-state index is -1.13. The quantitative estimate of drug-likeness (QED) is 0.910. The molecule has 1 aliphatic rings. The van der Waals surface area contributed by atoms with Gasteiger partial charge in [-0.25, -0.2) is 9.18 Å². The number of halogens is 1. The average Bonchev–Trinajstić information content (AvgIpc) is 2.71. The molecule has 0 spiro atoms. The lowest BCUT2D eigenvalue weighted by molar-refractivity contribution is 0.0696. The largest absolute Gasteiger partial charge is 0.487 e. The number of carboxylic acid groups (broad SMARTS) is 1. The normalized spacial score (nSPS) is 15.4. The molecule has 0 bridgehead atoms. The zero-order valence-electron chi connectivity index (χ0n) is 11.8. The van der Waals surface area contributed by atoms with Crippen LogP contribution in [0, 0.1) is 5.82 Å². The van der Waals surface area contributed by atoms with Crippen LogP contribution in [0.5, 0.6) is 5.75 Å². The van der Waals surface area contributed by atoms with Gasteiger partial charge in [0.05, 0.1) is 5.56 Å². The van der Waals surface area contributed by atoms with Crippen molar-refractivity contribution in [3.05, 3.63) is 53.3 Å². The fourth-order valence-corrected chi connectivity index (χ4v) is 2.66. The monoisotopic (exact) mass is 286 g/mol. The summed E-state index contributed by atoms with van der Waals surface area (Å²) in [6.45, 7) is 4.02. The van der Waals surface area contributed by atoms with Crippen LogP contribution in [-0.2, 0) is 6.42 Å². The van der Waals surface area contributed by atoms with E-state index in [2.05, 4.69) is 0 Å². The van der Waals surface area contributed by atoms with Crippen molar-refractivity contribution in [3.8, 4) is 16.9 Å². The van der Waals surface area contributed by atoms with Gasteiger partial charge in [0.15, 0.2) is 0 Å². The maximum atomic E-state index is 14.1. The van der Waals surface area contributed by atoms with E-state index < -0.39 is 11.8 Å². The Morgan fingerprint density at radius 3 is 2.67 bits per heavy atom. The Bertz CT molecular complexity index is 735. The van der Waals surface area contributed by atoms with Gasteiger partial charge in [-0.05, 0) is 49.2 Å². The smallest absolute Gasteiger partial charge is 0.335 e. The van der Waals surface area contributed by atoms with Crippen molar-refractivity contribution in [2.75, 3.05) is 0 Å². The van der Waals surface area contributed by atoms with Crippen molar-refractivity contribution in [1.82, 2.24) is 0 Å². The Morgan fingerprint density at radius 1 is 1.24 bits per heavy atom. The van der Waals surface area contributed by atoms with Crippen LogP contribution in [0.1, 0.15) is 29.8 Å². The molecule has 0 radical (unpaired) electrons. The summed E-state index contributed by atoms with van der Waals surface area (Å²) in [6, 6.07) is 9.49. The Labute approximate surface area is 122 Å². The molecule has 3 nitrogen and oxygen atoms in total. The molecule has 0 saturated heterocycles. The van der Waals surface area contributed by atoms with E-state index in [0.29, 0.717) is 5.56 Å². The van der Waals surface area contributed by atoms with Gasteiger partial charge < -0.3 is 9.84 Å². The van der Waals surface area contributed by atoms with Gasteiger partial charge in [0.2, 0.25) is 0 Å². The van der Waals surface area contributed by atoms with E-state index in [1.54, 1.807) is 6.07 Å². The number of carbonyl (C=O) groups is 1. The fourth-order valence-electron chi connectivity index (χ4n) is 2.66. The molecule has 2 aromatic carbocycles. The molecule has 0 aromatic heterocycles. The lowest BCUT2D eigenvalue weighted by Gasteiger charge is -2.16. The zero-order valence-corrected chi connectivity index (χ0v) is 11.8. The van der Waals surface area contributed by atoms with Crippen LogP contribution >= 0.6 is 0 Å². The second kappa shape index (κ2) is 4.58. The van der Waals surface area contributed by atoms with Crippen LogP contribution in [0.2, 0.25) is 0 Å². The summed E-state index contributed by atoms with van der Waals surface area (Å²) < 4.78 is 19.9. The van der Waals surface area contributed by atoms with E-state index in [1.165, 1.54) is 12.1 Å². The molecule has 21 heavy (non-hydrogen) atoms. The van der Waals surface area contributed by atoms with Crippen molar-refractivity contribution in [1.29, 1.82) is 0 Å². The van der Waals surface area contributed by atoms with E-state index in [4.69, 9.17) is 9.84 Å². The standard InChI is InChI=1S/C17H15FO3/c1-17(2)9-12-7-10(4-6-15(12)21-17)13-5-3-11(16(19)20)8-14(13)18/h3-8H,9H2,1-2H3,(H,19,20). The molecular weight excluding hydrogens is 271 g/mol. The number of hydrogen-bond donors (Lipinski definition) is 1. The van der Waals surface area contributed by atoms with Gasteiger partial charge in [0.25, 0.3) is 0 Å². The molecular formula is C17H15FO3. The number of carboxylic acids is 1. The molecule has 0 atom stereocenters. The molecule has 0 saturated carbocycles. The predicted molar refractivity (Wildman–Crippen MR) is 77.2 cm³/mol. The Morgan fingerprint density at radius 2 is 2.00 bits per heavy atom. The summed E-state index contributed by atoms with van der Waals surface area (Å²) in [7, 11) is 0. The van der Waals surface area contributed by atoms with Crippen LogP contribution in [0.3, 0.4) is 0 Å². The Hall–Kier alpha value is -2.36. The van der Waals surface area contributed by atoms with E-state index >= 15 is 0 Å². The molecule has 0 fully saturated rings. The summed E-state index contributed by atoms with van der Waals surface area (Å²) in [4.78, 5) is 10.8. The van der Waals surface area contributed by atoms with Crippen LogP contribution in [0.15, 0.2) is 36.4 Å². The van der Waals surface area contributed by atoms with Gasteiger partial charge in [0, 0.05) is 12.0 Å². The predicted octanol–water partition coefficient (Wildman–Crippen LogP) is 3.90. The first kappa shape index (κ1) is 13.6. The molecule has 1 N–H and O–H groups in total. The average molecular weight is 286 g/mol. The van der Waals surface area contributed by atoms with Gasteiger partial charge in [-0.2, -0.15) is 0 Å². The lowest BCUT2D eigenvalue weighted by atomic mass is 9.97. The number of fused-ring (bicyclic) bond motifs is 1. The molecule has 4 heteroatoms. The molecule has 0 amide bonds. The van der Waals surface area contributed by atoms with Gasteiger partial charge in [-0.1, -0.05) is 12.1 Å². The van der Waals surface area contributed by atoms with Gasteiger partial charge in [-0.3, -0.25) is 0 Å². The number of rotatable bonds is 2. The van der Waals surface area contributed by atoms with Crippen LogP contribution in [0.4, 0.5) is 4.39 Å². The lowest BCUT2D eigenvalue weighted by Crippen LogP contribution is -2.24. The van der Waals surface area contributed by atoms with Crippen LogP contribution in [-0.4, -0.2) is 16.7 Å². The molecule has 1 aliphatic heterocycles. The second-order valence-corrected chi connectivity index (χ2v) is 5.86. The highest BCUT2D eigenvalue weighted by Crippen LogP contribution is 2.37. The third kappa shape index (κ3) is 2.49. The van der Waals surface area contributed by atoms with Crippen LogP contribution < -0.4 is 4.74 Å². The highest BCUT2D eigenvalue weighted by Gasteiger charge is 2.30. The van der Waals surface area contributed by atoms with E-state index in [9.17, 15) is 9.18 Å². The second-order valence-electron chi connectivity index (χ2n) is 5.86. The maximum absolute atomic E-state index is 14.1. The third-order valence-corrected chi connectivity index (χ3v) is 3.59. The van der Waals surface area contributed by atoms with Crippen molar-refractivity contribution in [2.24, 2.45) is 0 Å². The highest BCUT2D eigenvalue weighted by atomic mass is 19.1. The third-order valence-electron chi connectivity index (χ3n) is 3.59. The topological polar surface area (TPSA) is 46.5 Å². The minimum absolute atomic E-state index is 0.0538. The summed E-state index contributed by atoms with van der Waals surface area (Å²) in [5.74, 6) is -0.844. The SMILES string of the molecule is CC1(C)Cc2cc(-c3ccc(C(=O)O)cc3F)ccc2O1. The molecule has 3 rings (SSSR count). The Kier molecular flexibility index (Phi) is 2.97. The van der Waals surface area contributed by atoms with E-state index in [1.807, 2.05) is 26.0 Å². The molecule has 0 aliphatic carbocycles. The molecule has 108 valence electrons. The zero-order chi connectivity index (χ0) is 15.2. The van der Waals surface area contributed by atoms with Gasteiger partial charge in [0.1, 0.15) is 17.2 Å². The number of aromatic carboxylic acids is 1. The first-order valence-electron chi connectivity index (χ1n) is 6.71. The highest BCUT2D eigenvalue weighted by molar-refractivity contribution is 5.88. The first-order chi connectivity index (χ1) is 9.85. The number of hydrogen-bond acceptors (Lipinski definition) is 2. The minimum Gasteiger partial charge on any atom is -0.487 e. The van der Waals surface area contributed by atoms with Crippen molar-refractivity contribution >= 4 is 5.97 Å². The first-order valence-corrected chi connectivity index (χ1v) is 6.71. The molecule has 2 aromatic rings.